The minimum atomic E-state index is -0.388. The number of nitro benzene ring substituents is 1. The van der Waals surface area contributed by atoms with Crippen molar-refractivity contribution >= 4 is 5.69 Å². The number of hydrogen-bond donors (Lipinski definition) is 1. The van der Waals surface area contributed by atoms with Crippen LogP contribution in [-0.4, -0.2) is 36.1 Å². The molecule has 2 atom stereocenters. The zero-order chi connectivity index (χ0) is 14.0. The highest BCUT2D eigenvalue weighted by Crippen LogP contribution is 2.27. The standard InChI is InChI=1S/C13H19N3O3/c1-9-6-15(8-12(9)14)7-10-5-11(16(17)18)3-4-13(10)19-2/h3-5,9,12H,6-8,14H2,1-2H3. The van der Waals surface area contributed by atoms with E-state index in [0.29, 0.717) is 18.2 Å². The van der Waals surface area contributed by atoms with E-state index >= 15 is 0 Å². The van der Waals surface area contributed by atoms with Gasteiger partial charge in [0, 0.05) is 43.4 Å². The van der Waals surface area contributed by atoms with Gasteiger partial charge >= 0.3 is 0 Å². The molecule has 2 rings (SSSR count). The second kappa shape index (κ2) is 5.54. The van der Waals surface area contributed by atoms with Crippen LogP contribution in [0.1, 0.15) is 12.5 Å². The molecule has 2 unspecified atom stereocenters. The number of methoxy groups -OCH3 is 1. The number of non-ortho nitro benzene ring substituents is 1. The Morgan fingerprint density at radius 1 is 1.53 bits per heavy atom. The molecular weight excluding hydrogens is 246 g/mol. The smallest absolute Gasteiger partial charge is 0.270 e. The Hall–Kier alpha value is -1.66. The average molecular weight is 265 g/mol. The van der Waals surface area contributed by atoms with Gasteiger partial charge in [-0.05, 0) is 12.0 Å². The van der Waals surface area contributed by atoms with Crippen molar-refractivity contribution in [3.8, 4) is 5.75 Å². The molecular formula is C13H19N3O3. The van der Waals surface area contributed by atoms with Crippen LogP contribution in [0.3, 0.4) is 0 Å². The topological polar surface area (TPSA) is 81.6 Å². The molecule has 19 heavy (non-hydrogen) atoms. The molecule has 0 saturated carbocycles. The molecule has 2 N–H and O–H groups in total. The van der Waals surface area contributed by atoms with Crippen LogP contribution < -0.4 is 10.5 Å². The lowest BCUT2D eigenvalue weighted by Crippen LogP contribution is -2.28. The number of nitrogens with two attached hydrogens (primary N) is 1. The van der Waals surface area contributed by atoms with Gasteiger partial charge in [-0.2, -0.15) is 0 Å². The van der Waals surface area contributed by atoms with Crippen LogP contribution in [0.15, 0.2) is 18.2 Å². The minimum absolute atomic E-state index is 0.0901. The number of ether oxygens (including phenoxy) is 1. The molecule has 0 bridgehead atoms. The van der Waals surface area contributed by atoms with Gasteiger partial charge in [0.25, 0.3) is 5.69 Å². The van der Waals surface area contributed by atoms with Crippen molar-refractivity contribution in [1.82, 2.24) is 4.90 Å². The van der Waals surface area contributed by atoms with E-state index in [0.717, 1.165) is 18.7 Å². The summed E-state index contributed by atoms with van der Waals surface area (Å²) in [5.41, 5.74) is 6.91. The number of benzene rings is 1. The van der Waals surface area contributed by atoms with Gasteiger partial charge in [0.2, 0.25) is 0 Å². The van der Waals surface area contributed by atoms with Crippen LogP contribution in [0.5, 0.6) is 5.75 Å². The molecule has 104 valence electrons. The van der Waals surface area contributed by atoms with E-state index < -0.39 is 0 Å². The summed E-state index contributed by atoms with van der Waals surface area (Å²) in [6.45, 7) is 4.47. The van der Waals surface area contributed by atoms with E-state index in [9.17, 15) is 10.1 Å². The third-order valence-corrected chi connectivity index (χ3v) is 3.61. The fourth-order valence-electron chi connectivity index (χ4n) is 2.47. The van der Waals surface area contributed by atoms with E-state index in [1.807, 2.05) is 0 Å². The Balaban J connectivity index is 2.18. The molecule has 1 aliphatic heterocycles. The maximum absolute atomic E-state index is 10.8. The Bertz CT molecular complexity index is 468. The van der Waals surface area contributed by atoms with Crippen molar-refractivity contribution in [2.75, 3.05) is 20.2 Å². The Labute approximate surface area is 112 Å². The predicted molar refractivity (Wildman–Crippen MR) is 72.1 cm³/mol. The predicted octanol–water partition coefficient (Wildman–Crippen LogP) is 1.38. The molecule has 0 radical (unpaired) electrons. The molecule has 1 aromatic rings. The summed E-state index contributed by atoms with van der Waals surface area (Å²) in [5.74, 6) is 1.13. The lowest BCUT2D eigenvalue weighted by atomic mass is 10.1. The van der Waals surface area contributed by atoms with Crippen molar-refractivity contribution in [1.29, 1.82) is 0 Å². The molecule has 1 aliphatic rings. The average Bonchev–Trinajstić information content (AvgIpc) is 2.68. The number of nitrogens with zero attached hydrogens (tertiary/aromatic N) is 2. The van der Waals surface area contributed by atoms with Gasteiger partial charge in [0.05, 0.1) is 12.0 Å². The van der Waals surface area contributed by atoms with E-state index in [4.69, 9.17) is 10.5 Å². The molecule has 0 aromatic heterocycles. The fourth-order valence-corrected chi connectivity index (χ4v) is 2.47. The van der Waals surface area contributed by atoms with Crippen molar-refractivity contribution < 1.29 is 9.66 Å². The van der Waals surface area contributed by atoms with Gasteiger partial charge in [-0.3, -0.25) is 15.0 Å². The van der Waals surface area contributed by atoms with Crippen LogP contribution in [0.4, 0.5) is 5.69 Å². The van der Waals surface area contributed by atoms with Crippen molar-refractivity contribution in [3.63, 3.8) is 0 Å². The zero-order valence-corrected chi connectivity index (χ0v) is 11.2. The second-order valence-electron chi connectivity index (χ2n) is 5.09. The monoisotopic (exact) mass is 265 g/mol. The summed E-state index contributed by atoms with van der Waals surface area (Å²) >= 11 is 0. The SMILES string of the molecule is COc1ccc([N+](=O)[O-])cc1CN1CC(C)C(N)C1. The molecule has 0 amide bonds. The number of likely N-dealkylation sites (tertiary alicyclic amines) is 1. The van der Waals surface area contributed by atoms with Gasteiger partial charge in [0.15, 0.2) is 0 Å². The number of rotatable bonds is 4. The van der Waals surface area contributed by atoms with Crippen LogP contribution >= 0.6 is 0 Å². The summed E-state index contributed by atoms with van der Waals surface area (Å²) in [6.07, 6.45) is 0. The van der Waals surface area contributed by atoms with Gasteiger partial charge in [-0.25, -0.2) is 0 Å². The molecule has 0 spiro atoms. The van der Waals surface area contributed by atoms with Gasteiger partial charge in [-0.15, -0.1) is 0 Å². The number of nitro groups is 1. The van der Waals surface area contributed by atoms with E-state index in [-0.39, 0.29) is 16.7 Å². The molecule has 0 aliphatic carbocycles. The highest BCUT2D eigenvalue weighted by molar-refractivity contribution is 5.43. The zero-order valence-electron chi connectivity index (χ0n) is 11.2. The third kappa shape index (κ3) is 3.02. The minimum Gasteiger partial charge on any atom is -0.496 e. The third-order valence-electron chi connectivity index (χ3n) is 3.61. The lowest BCUT2D eigenvalue weighted by Gasteiger charge is -2.17. The van der Waals surface area contributed by atoms with Crippen molar-refractivity contribution in [2.45, 2.75) is 19.5 Å². The first kappa shape index (κ1) is 13.8. The molecule has 1 fully saturated rings. The summed E-state index contributed by atoms with van der Waals surface area (Å²) < 4.78 is 5.26. The van der Waals surface area contributed by atoms with Crippen LogP contribution in [0, 0.1) is 16.0 Å². The van der Waals surface area contributed by atoms with Crippen molar-refractivity contribution in [3.05, 3.63) is 33.9 Å². The highest BCUT2D eigenvalue weighted by Gasteiger charge is 2.27. The molecule has 6 nitrogen and oxygen atoms in total. The highest BCUT2D eigenvalue weighted by atomic mass is 16.6. The Morgan fingerprint density at radius 2 is 2.26 bits per heavy atom. The second-order valence-corrected chi connectivity index (χ2v) is 5.09. The number of hydrogen-bond acceptors (Lipinski definition) is 5. The van der Waals surface area contributed by atoms with Gasteiger partial charge in [0.1, 0.15) is 5.75 Å². The quantitative estimate of drug-likeness (QED) is 0.657. The molecule has 1 heterocycles. The lowest BCUT2D eigenvalue weighted by molar-refractivity contribution is -0.384. The van der Waals surface area contributed by atoms with E-state index in [1.54, 1.807) is 19.2 Å². The maximum Gasteiger partial charge on any atom is 0.270 e. The summed E-state index contributed by atoms with van der Waals surface area (Å²) in [4.78, 5) is 12.6. The Morgan fingerprint density at radius 3 is 2.79 bits per heavy atom. The molecule has 6 heteroatoms. The van der Waals surface area contributed by atoms with Gasteiger partial charge < -0.3 is 10.5 Å². The first-order valence-corrected chi connectivity index (χ1v) is 6.30. The first-order valence-electron chi connectivity index (χ1n) is 6.30. The van der Waals surface area contributed by atoms with E-state index in [1.165, 1.54) is 6.07 Å². The largest absolute Gasteiger partial charge is 0.496 e. The molecule has 1 saturated heterocycles. The molecule has 1 aromatic carbocycles. The van der Waals surface area contributed by atoms with Crippen LogP contribution in [0.2, 0.25) is 0 Å². The summed E-state index contributed by atoms with van der Waals surface area (Å²) in [5, 5.41) is 10.8. The fraction of sp³-hybridized carbons (Fsp3) is 0.538. The first-order chi connectivity index (χ1) is 9.01. The van der Waals surface area contributed by atoms with Crippen LogP contribution in [0.25, 0.3) is 0 Å². The Kier molecular flexibility index (Phi) is 4.01. The van der Waals surface area contributed by atoms with Crippen LogP contribution in [-0.2, 0) is 6.54 Å². The summed E-state index contributed by atoms with van der Waals surface area (Å²) in [6, 6.07) is 4.85. The van der Waals surface area contributed by atoms with Crippen molar-refractivity contribution in [2.24, 2.45) is 11.7 Å². The van der Waals surface area contributed by atoms with Gasteiger partial charge in [-0.1, -0.05) is 6.92 Å². The maximum atomic E-state index is 10.8. The normalized spacial score (nSPS) is 23.5. The summed E-state index contributed by atoms with van der Waals surface area (Å²) in [7, 11) is 1.57. The van der Waals surface area contributed by atoms with E-state index in [2.05, 4.69) is 11.8 Å².